The highest BCUT2D eigenvalue weighted by molar-refractivity contribution is 5.49. The largest absolute Gasteiger partial charge is 0.496 e. The molecule has 0 fully saturated rings. The van der Waals surface area contributed by atoms with E-state index in [1.165, 1.54) is 6.07 Å². The standard InChI is InChI=1S/C18H22FNO2/c1-13-17(21-2)8-7-15(18(13)22-3)12-20-10-9-14-5-4-6-16(19)11-14/h4-8,11,20H,9-10,12H2,1-3H3. The van der Waals surface area contributed by atoms with E-state index in [2.05, 4.69) is 5.32 Å². The molecule has 0 amide bonds. The molecule has 0 unspecified atom stereocenters. The molecule has 4 heteroatoms. The first-order valence-electron chi connectivity index (χ1n) is 7.31. The predicted octanol–water partition coefficient (Wildman–Crippen LogP) is 3.48. The van der Waals surface area contributed by atoms with E-state index in [4.69, 9.17) is 9.47 Å². The lowest BCUT2D eigenvalue weighted by atomic mass is 10.1. The van der Waals surface area contributed by atoms with Crippen LogP contribution < -0.4 is 14.8 Å². The van der Waals surface area contributed by atoms with Crippen LogP contribution in [-0.4, -0.2) is 20.8 Å². The second-order valence-corrected chi connectivity index (χ2v) is 5.14. The summed E-state index contributed by atoms with van der Waals surface area (Å²) in [5, 5.41) is 3.37. The molecule has 0 heterocycles. The Balaban J connectivity index is 1.93. The number of nitrogens with one attached hydrogen (secondary N) is 1. The van der Waals surface area contributed by atoms with Crippen molar-refractivity contribution in [3.8, 4) is 11.5 Å². The Morgan fingerprint density at radius 2 is 1.91 bits per heavy atom. The zero-order chi connectivity index (χ0) is 15.9. The van der Waals surface area contributed by atoms with Gasteiger partial charge in [-0.25, -0.2) is 4.39 Å². The van der Waals surface area contributed by atoms with Gasteiger partial charge in [0.2, 0.25) is 0 Å². The zero-order valence-corrected chi connectivity index (χ0v) is 13.3. The molecule has 0 saturated heterocycles. The van der Waals surface area contributed by atoms with Gasteiger partial charge in [0.1, 0.15) is 17.3 Å². The SMILES string of the molecule is COc1ccc(CNCCc2cccc(F)c2)c(OC)c1C. The van der Waals surface area contributed by atoms with E-state index < -0.39 is 0 Å². The van der Waals surface area contributed by atoms with Crippen molar-refractivity contribution < 1.29 is 13.9 Å². The van der Waals surface area contributed by atoms with Crippen LogP contribution in [0.2, 0.25) is 0 Å². The van der Waals surface area contributed by atoms with Crippen molar-refractivity contribution in [2.24, 2.45) is 0 Å². The molecule has 118 valence electrons. The van der Waals surface area contributed by atoms with Gasteiger partial charge >= 0.3 is 0 Å². The highest BCUT2D eigenvalue weighted by Crippen LogP contribution is 2.31. The first-order valence-corrected chi connectivity index (χ1v) is 7.31. The second kappa shape index (κ2) is 7.80. The Labute approximate surface area is 131 Å². The number of benzene rings is 2. The van der Waals surface area contributed by atoms with Gasteiger partial charge in [0.25, 0.3) is 0 Å². The molecule has 0 atom stereocenters. The number of rotatable bonds is 7. The van der Waals surface area contributed by atoms with Crippen molar-refractivity contribution in [3.63, 3.8) is 0 Å². The number of methoxy groups -OCH3 is 2. The van der Waals surface area contributed by atoms with Crippen LogP contribution in [0.25, 0.3) is 0 Å². The summed E-state index contributed by atoms with van der Waals surface area (Å²) in [4.78, 5) is 0. The fourth-order valence-electron chi connectivity index (χ4n) is 2.52. The van der Waals surface area contributed by atoms with Gasteiger partial charge in [-0.15, -0.1) is 0 Å². The van der Waals surface area contributed by atoms with Crippen molar-refractivity contribution in [1.82, 2.24) is 5.32 Å². The smallest absolute Gasteiger partial charge is 0.129 e. The summed E-state index contributed by atoms with van der Waals surface area (Å²) in [5.74, 6) is 1.47. The summed E-state index contributed by atoms with van der Waals surface area (Å²) < 4.78 is 23.9. The van der Waals surface area contributed by atoms with Gasteiger partial charge in [0.15, 0.2) is 0 Å². The van der Waals surface area contributed by atoms with Crippen molar-refractivity contribution >= 4 is 0 Å². The Morgan fingerprint density at radius 1 is 1.09 bits per heavy atom. The molecule has 0 aliphatic rings. The van der Waals surface area contributed by atoms with E-state index in [0.29, 0.717) is 6.54 Å². The number of ether oxygens (including phenoxy) is 2. The van der Waals surface area contributed by atoms with Crippen LogP contribution in [0.4, 0.5) is 4.39 Å². The van der Waals surface area contributed by atoms with E-state index in [0.717, 1.165) is 41.2 Å². The number of hydrogen-bond donors (Lipinski definition) is 1. The van der Waals surface area contributed by atoms with E-state index >= 15 is 0 Å². The molecule has 0 aliphatic carbocycles. The van der Waals surface area contributed by atoms with Crippen LogP contribution in [0.15, 0.2) is 36.4 Å². The van der Waals surface area contributed by atoms with Gasteiger partial charge in [-0.1, -0.05) is 18.2 Å². The summed E-state index contributed by atoms with van der Waals surface area (Å²) in [6, 6.07) is 10.6. The molecule has 0 radical (unpaired) electrons. The van der Waals surface area contributed by atoms with Crippen LogP contribution in [0.1, 0.15) is 16.7 Å². The monoisotopic (exact) mass is 303 g/mol. The molecule has 2 rings (SSSR count). The Hall–Kier alpha value is -2.07. The van der Waals surface area contributed by atoms with Crippen molar-refractivity contribution in [3.05, 3.63) is 58.9 Å². The first kappa shape index (κ1) is 16.3. The molecule has 2 aromatic carbocycles. The van der Waals surface area contributed by atoms with Crippen LogP contribution in [-0.2, 0) is 13.0 Å². The van der Waals surface area contributed by atoms with Gasteiger partial charge in [-0.05, 0) is 43.7 Å². The second-order valence-electron chi connectivity index (χ2n) is 5.14. The highest BCUT2D eigenvalue weighted by Gasteiger charge is 2.10. The Morgan fingerprint density at radius 3 is 2.59 bits per heavy atom. The van der Waals surface area contributed by atoms with Crippen molar-refractivity contribution in [2.75, 3.05) is 20.8 Å². The molecule has 22 heavy (non-hydrogen) atoms. The molecule has 0 aromatic heterocycles. The molecule has 1 N–H and O–H groups in total. The molecular weight excluding hydrogens is 281 g/mol. The third-order valence-corrected chi connectivity index (χ3v) is 3.66. The van der Waals surface area contributed by atoms with Gasteiger partial charge in [0, 0.05) is 17.7 Å². The predicted molar refractivity (Wildman–Crippen MR) is 86.1 cm³/mol. The van der Waals surface area contributed by atoms with Crippen molar-refractivity contribution in [2.45, 2.75) is 19.9 Å². The molecular formula is C18H22FNO2. The minimum absolute atomic E-state index is 0.190. The summed E-state index contributed by atoms with van der Waals surface area (Å²) in [5.41, 5.74) is 3.07. The molecule has 0 aliphatic heterocycles. The van der Waals surface area contributed by atoms with E-state index in [1.807, 2.05) is 25.1 Å². The summed E-state index contributed by atoms with van der Waals surface area (Å²) >= 11 is 0. The molecule has 0 bridgehead atoms. The average molecular weight is 303 g/mol. The molecule has 2 aromatic rings. The minimum Gasteiger partial charge on any atom is -0.496 e. The fourth-order valence-corrected chi connectivity index (χ4v) is 2.52. The van der Waals surface area contributed by atoms with Gasteiger partial charge in [-0.2, -0.15) is 0 Å². The van der Waals surface area contributed by atoms with Crippen LogP contribution >= 0.6 is 0 Å². The lowest BCUT2D eigenvalue weighted by Crippen LogP contribution is -2.17. The average Bonchev–Trinajstić information content (AvgIpc) is 2.52. The van der Waals surface area contributed by atoms with Gasteiger partial charge < -0.3 is 14.8 Å². The maximum absolute atomic E-state index is 13.1. The Kier molecular flexibility index (Phi) is 5.78. The zero-order valence-electron chi connectivity index (χ0n) is 13.3. The quantitative estimate of drug-likeness (QED) is 0.794. The van der Waals surface area contributed by atoms with Gasteiger partial charge in [0.05, 0.1) is 14.2 Å². The highest BCUT2D eigenvalue weighted by atomic mass is 19.1. The fraction of sp³-hybridized carbons (Fsp3) is 0.333. The molecule has 0 spiro atoms. The Bertz CT molecular complexity index is 628. The van der Waals surface area contributed by atoms with Crippen LogP contribution in [0.5, 0.6) is 11.5 Å². The van der Waals surface area contributed by atoms with E-state index in [-0.39, 0.29) is 5.82 Å². The number of hydrogen-bond acceptors (Lipinski definition) is 3. The van der Waals surface area contributed by atoms with Crippen LogP contribution in [0.3, 0.4) is 0 Å². The maximum atomic E-state index is 13.1. The summed E-state index contributed by atoms with van der Waals surface area (Å²) in [6.07, 6.45) is 0.787. The van der Waals surface area contributed by atoms with E-state index in [9.17, 15) is 4.39 Å². The van der Waals surface area contributed by atoms with Crippen molar-refractivity contribution in [1.29, 1.82) is 0 Å². The topological polar surface area (TPSA) is 30.5 Å². The van der Waals surface area contributed by atoms with Crippen LogP contribution in [0, 0.1) is 12.7 Å². The van der Waals surface area contributed by atoms with Gasteiger partial charge in [-0.3, -0.25) is 0 Å². The summed E-state index contributed by atoms with van der Waals surface area (Å²) in [7, 11) is 3.32. The summed E-state index contributed by atoms with van der Waals surface area (Å²) in [6.45, 7) is 3.45. The molecule has 0 saturated carbocycles. The number of halogens is 1. The lowest BCUT2D eigenvalue weighted by molar-refractivity contribution is 0.384. The minimum atomic E-state index is -0.190. The molecule has 3 nitrogen and oxygen atoms in total. The first-order chi connectivity index (χ1) is 10.7. The third kappa shape index (κ3) is 3.98. The van der Waals surface area contributed by atoms with E-state index in [1.54, 1.807) is 26.4 Å². The normalized spacial score (nSPS) is 10.5. The third-order valence-electron chi connectivity index (χ3n) is 3.66. The maximum Gasteiger partial charge on any atom is 0.129 e. The lowest BCUT2D eigenvalue weighted by Gasteiger charge is -2.15.